The Bertz CT molecular complexity index is 978. The van der Waals surface area contributed by atoms with E-state index in [-0.39, 0.29) is 17.7 Å². The molecule has 154 valence electrons. The Balaban J connectivity index is 1.40. The maximum Gasteiger partial charge on any atom is 0.252 e. The first-order chi connectivity index (χ1) is 14.6. The molecule has 0 saturated carbocycles. The van der Waals surface area contributed by atoms with E-state index in [1.54, 1.807) is 23.1 Å². The van der Waals surface area contributed by atoms with Gasteiger partial charge in [0.05, 0.1) is 0 Å². The van der Waals surface area contributed by atoms with Gasteiger partial charge in [-0.15, -0.1) is 0 Å². The minimum absolute atomic E-state index is 0.00367. The Morgan fingerprint density at radius 2 is 1.83 bits per heavy atom. The van der Waals surface area contributed by atoms with Crippen molar-refractivity contribution in [1.29, 1.82) is 0 Å². The standard InChI is InChI=1S/C23H25N5O2/c1-17-8-9-20(24-16-17)26-22(29)19-10-14-27(15-11-19)23(30)21(28-13-5-12-25-28)18-6-3-2-4-7-18/h2-9,12-13,16,19,21H,10-11,14-15H2,1H3,(H,24,26,29). The fourth-order valence-electron chi connectivity index (χ4n) is 3.78. The number of hydrogen-bond acceptors (Lipinski definition) is 4. The van der Waals surface area contributed by atoms with Crippen LogP contribution in [-0.4, -0.2) is 44.6 Å². The Morgan fingerprint density at radius 1 is 1.07 bits per heavy atom. The van der Waals surface area contributed by atoms with Crippen molar-refractivity contribution in [2.24, 2.45) is 5.92 Å². The summed E-state index contributed by atoms with van der Waals surface area (Å²) in [6, 6.07) is 14.7. The predicted octanol–water partition coefficient (Wildman–Crippen LogP) is 3.05. The number of piperidine rings is 1. The van der Waals surface area contributed by atoms with E-state index in [4.69, 9.17) is 0 Å². The van der Waals surface area contributed by atoms with Gasteiger partial charge in [0.15, 0.2) is 6.04 Å². The van der Waals surface area contributed by atoms with E-state index in [0.29, 0.717) is 31.7 Å². The molecule has 0 aliphatic carbocycles. The van der Waals surface area contributed by atoms with Crippen LogP contribution in [0.3, 0.4) is 0 Å². The SMILES string of the molecule is Cc1ccc(NC(=O)C2CCN(C(=O)C(c3ccccc3)n3cccn3)CC2)nc1. The van der Waals surface area contributed by atoms with Gasteiger partial charge < -0.3 is 10.2 Å². The van der Waals surface area contributed by atoms with E-state index >= 15 is 0 Å². The second-order valence-electron chi connectivity index (χ2n) is 7.61. The highest BCUT2D eigenvalue weighted by atomic mass is 16.2. The fraction of sp³-hybridized carbons (Fsp3) is 0.304. The van der Waals surface area contributed by atoms with Gasteiger partial charge in [0.2, 0.25) is 5.91 Å². The molecule has 2 amide bonds. The molecule has 3 aromatic rings. The number of rotatable bonds is 5. The molecule has 0 bridgehead atoms. The van der Waals surface area contributed by atoms with Crippen molar-refractivity contribution in [2.45, 2.75) is 25.8 Å². The first kappa shape index (κ1) is 19.8. The molecule has 1 aliphatic rings. The maximum atomic E-state index is 13.4. The molecule has 1 unspecified atom stereocenters. The summed E-state index contributed by atoms with van der Waals surface area (Å²) in [4.78, 5) is 32.0. The van der Waals surface area contributed by atoms with Crippen molar-refractivity contribution in [3.63, 3.8) is 0 Å². The van der Waals surface area contributed by atoms with Gasteiger partial charge in [0.25, 0.3) is 5.91 Å². The van der Waals surface area contributed by atoms with Crippen LogP contribution in [0.25, 0.3) is 0 Å². The lowest BCUT2D eigenvalue weighted by molar-refractivity contribution is -0.136. The third-order valence-electron chi connectivity index (χ3n) is 5.48. The summed E-state index contributed by atoms with van der Waals surface area (Å²) in [6.45, 7) is 3.04. The van der Waals surface area contributed by atoms with Crippen LogP contribution >= 0.6 is 0 Å². The summed E-state index contributed by atoms with van der Waals surface area (Å²) in [6.07, 6.45) is 6.48. The molecule has 7 heteroatoms. The van der Waals surface area contributed by atoms with Crippen molar-refractivity contribution in [3.8, 4) is 0 Å². The number of carbonyl (C=O) groups excluding carboxylic acids is 2. The second-order valence-corrected chi connectivity index (χ2v) is 7.61. The van der Waals surface area contributed by atoms with Crippen LogP contribution in [0.4, 0.5) is 5.82 Å². The molecule has 3 heterocycles. The zero-order valence-corrected chi connectivity index (χ0v) is 16.9. The lowest BCUT2D eigenvalue weighted by Gasteiger charge is -2.33. The average Bonchev–Trinajstić information content (AvgIpc) is 3.30. The van der Waals surface area contributed by atoms with Crippen LogP contribution in [0.2, 0.25) is 0 Å². The van der Waals surface area contributed by atoms with Crippen molar-refractivity contribution in [3.05, 3.63) is 78.2 Å². The van der Waals surface area contributed by atoms with Crippen LogP contribution in [0.1, 0.15) is 30.0 Å². The van der Waals surface area contributed by atoms with E-state index in [1.165, 1.54) is 0 Å². The van der Waals surface area contributed by atoms with Crippen LogP contribution in [-0.2, 0) is 9.59 Å². The third kappa shape index (κ3) is 4.40. The van der Waals surface area contributed by atoms with Crippen LogP contribution in [0, 0.1) is 12.8 Å². The molecule has 0 spiro atoms. The molecule has 1 aliphatic heterocycles. The molecular formula is C23H25N5O2. The number of amides is 2. The van der Waals surface area contributed by atoms with Gasteiger partial charge in [0.1, 0.15) is 5.82 Å². The number of hydrogen-bond donors (Lipinski definition) is 1. The molecule has 7 nitrogen and oxygen atoms in total. The number of aryl methyl sites for hydroxylation is 1. The maximum absolute atomic E-state index is 13.4. The summed E-state index contributed by atoms with van der Waals surface area (Å²) in [5.74, 6) is 0.401. The summed E-state index contributed by atoms with van der Waals surface area (Å²) >= 11 is 0. The number of benzene rings is 1. The highest BCUT2D eigenvalue weighted by molar-refractivity contribution is 5.92. The predicted molar refractivity (Wildman–Crippen MR) is 114 cm³/mol. The second kappa shape index (κ2) is 8.90. The van der Waals surface area contributed by atoms with E-state index in [0.717, 1.165) is 11.1 Å². The summed E-state index contributed by atoms with van der Waals surface area (Å²) in [5, 5.41) is 7.19. The van der Waals surface area contributed by atoms with Crippen molar-refractivity contribution in [2.75, 3.05) is 18.4 Å². The number of nitrogens with one attached hydrogen (secondary N) is 1. The normalized spacial score (nSPS) is 15.6. The Morgan fingerprint density at radius 3 is 2.47 bits per heavy atom. The van der Waals surface area contributed by atoms with Crippen LogP contribution in [0.5, 0.6) is 0 Å². The zero-order valence-electron chi connectivity index (χ0n) is 16.9. The summed E-state index contributed by atoms with van der Waals surface area (Å²) in [5.41, 5.74) is 1.95. The largest absolute Gasteiger partial charge is 0.340 e. The fourth-order valence-corrected chi connectivity index (χ4v) is 3.78. The number of carbonyl (C=O) groups is 2. The van der Waals surface area contributed by atoms with E-state index in [2.05, 4.69) is 15.4 Å². The van der Waals surface area contributed by atoms with Gasteiger partial charge >= 0.3 is 0 Å². The van der Waals surface area contributed by atoms with Gasteiger partial charge in [-0.25, -0.2) is 4.98 Å². The van der Waals surface area contributed by atoms with E-state index in [1.807, 2.05) is 60.5 Å². The van der Waals surface area contributed by atoms with Gasteiger partial charge in [0, 0.05) is 37.6 Å². The number of likely N-dealkylation sites (tertiary alicyclic amines) is 1. The Kier molecular flexibility index (Phi) is 5.88. The summed E-state index contributed by atoms with van der Waals surface area (Å²) in [7, 11) is 0. The average molecular weight is 403 g/mol. The first-order valence-electron chi connectivity index (χ1n) is 10.2. The van der Waals surface area contributed by atoms with Gasteiger partial charge in [-0.2, -0.15) is 5.10 Å². The minimum atomic E-state index is -0.497. The van der Waals surface area contributed by atoms with Crippen LogP contribution in [0.15, 0.2) is 67.1 Å². The van der Waals surface area contributed by atoms with Crippen LogP contribution < -0.4 is 5.32 Å². The van der Waals surface area contributed by atoms with E-state index in [9.17, 15) is 9.59 Å². The molecule has 1 aromatic carbocycles. The van der Waals surface area contributed by atoms with Crippen molar-refractivity contribution < 1.29 is 9.59 Å². The topological polar surface area (TPSA) is 80.1 Å². The van der Waals surface area contributed by atoms with Gasteiger partial charge in [-0.1, -0.05) is 36.4 Å². The number of anilines is 1. The monoisotopic (exact) mass is 403 g/mol. The highest BCUT2D eigenvalue weighted by Crippen LogP contribution is 2.25. The first-order valence-corrected chi connectivity index (χ1v) is 10.2. The third-order valence-corrected chi connectivity index (χ3v) is 5.48. The number of nitrogens with zero attached hydrogens (tertiary/aromatic N) is 4. The quantitative estimate of drug-likeness (QED) is 0.710. The smallest absolute Gasteiger partial charge is 0.252 e. The zero-order chi connectivity index (χ0) is 20.9. The molecule has 0 radical (unpaired) electrons. The molecule has 2 aromatic heterocycles. The van der Waals surface area contributed by atoms with Crippen molar-refractivity contribution >= 4 is 17.6 Å². The minimum Gasteiger partial charge on any atom is -0.340 e. The molecule has 1 fully saturated rings. The summed E-state index contributed by atoms with van der Waals surface area (Å²) < 4.78 is 1.69. The Labute approximate surface area is 175 Å². The Hall–Kier alpha value is -3.48. The number of aromatic nitrogens is 3. The van der Waals surface area contributed by atoms with Gasteiger partial charge in [-0.05, 0) is 43.0 Å². The lowest BCUT2D eigenvalue weighted by Crippen LogP contribution is -2.44. The molecule has 30 heavy (non-hydrogen) atoms. The number of pyridine rings is 1. The highest BCUT2D eigenvalue weighted by Gasteiger charge is 2.32. The molecule has 1 saturated heterocycles. The van der Waals surface area contributed by atoms with E-state index < -0.39 is 6.04 Å². The lowest BCUT2D eigenvalue weighted by atomic mass is 9.94. The van der Waals surface area contributed by atoms with Gasteiger partial charge in [-0.3, -0.25) is 14.3 Å². The molecule has 1 atom stereocenters. The van der Waals surface area contributed by atoms with Crippen molar-refractivity contribution in [1.82, 2.24) is 19.7 Å². The molecular weight excluding hydrogens is 378 g/mol. The molecule has 1 N–H and O–H groups in total. The molecule has 4 rings (SSSR count).